The number of likely N-dealkylation sites (tertiary alicyclic amines) is 1. The first-order chi connectivity index (χ1) is 12.1. The highest BCUT2D eigenvalue weighted by Gasteiger charge is 2.22. The van der Waals surface area contributed by atoms with Crippen molar-refractivity contribution in [2.75, 3.05) is 26.7 Å². The predicted octanol–water partition coefficient (Wildman–Crippen LogP) is 2.67. The Kier molecular flexibility index (Phi) is 7.63. The SMILES string of the molecule is CN(CC(=O)O)C1CCCN(Cc2ccn(-c3ccccc3)n2)CC1.Cl. The van der Waals surface area contributed by atoms with Gasteiger partial charge >= 0.3 is 5.97 Å². The van der Waals surface area contributed by atoms with Crippen molar-refractivity contribution in [3.8, 4) is 5.69 Å². The van der Waals surface area contributed by atoms with Crippen LogP contribution in [0.5, 0.6) is 0 Å². The number of hydrogen-bond donors (Lipinski definition) is 1. The lowest BCUT2D eigenvalue weighted by Gasteiger charge is -2.25. The zero-order valence-electron chi connectivity index (χ0n) is 15.1. The minimum atomic E-state index is -0.755. The third-order valence-corrected chi connectivity index (χ3v) is 4.85. The van der Waals surface area contributed by atoms with Crippen molar-refractivity contribution >= 4 is 18.4 Å². The highest BCUT2D eigenvalue weighted by molar-refractivity contribution is 5.85. The Morgan fingerprint density at radius 1 is 1.23 bits per heavy atom. The zero-order chi connectivity index (χ0) is 17.6. The van der Waals surface area contributed by atoms with E-state index in [0.29, 0.717) is 6.04 Å². The Labute approximate surface area is 160 Å². The summed E-state index contributed by atoms with van der Waals surface area (Å²) >= 11 is 0. The van der Waals surface area contributed by atoms with Crippen LogP contribution in [-0.4, -0.2) is 63.4 Å². The number of likely N-dealkylation sites (N-methyl/N-ethyl adjacent to an activating group) is 1. The van der Waals surface area contributed by atoms with E-state index < -0.39 is 5.97 Å². The normalized spacial score (nSPS) is 18.3. The summed E-state index contributed by atoms with van der Waals surface area (Å²) in [4.78, 5) is 15.3. The first-order valence-electron chi connectivity index (χ1n) is 8.86. The molecule has 0 aliphatic carbocycles. The summed E-state index contributed by atoms with van der Waals surface area (Å²) in [5.74, 6) is -0.755. The molecule has 6 nitrogen and oxygen atoms in total. The molecule has 3 rings (SSSR count). The summed E-state index contributed by atoms with van der Waals surface area (Å²) < 4.78 is 1.91. The van der Waals surface area contributed by atoms with Crippen molar-refractivity contribution in [2.24, 2.45) is 0 Å². The summed E-state index contributed by atoms with van der Waals surface area (Å²) in [7, 11) is 1.91. The van der Waals surface area contributed by atoms with Gasteiger partial charge in [0.05, 0.1) is 17.9 Å². The van der Waals surface area contributed by atoms with Gasteiger partial charge in [0, 0.05) is 25.3 Å². The number of aliphatic carboxylic acids is 1. The van der Waals surface area contributed by atoms with Gasteiger partial charge in [0.15, 0.2) is 0 Å². The van der Waals surface area contributed by atoms with Gasteiger partial charge in [0.2, 0.25) is 0 Å². The molecule has 0 saturated carbocycles. The second-order valence-electron chi connectivity index (χ2n) is 6.76. The third-order valence-electron chi connectivity index (χ3n) is 4.85. The number of benzene rings is 1. The average Bonchev–Trinajstić information content (AvgIpc) is 2.93. The van der Waals surface area contributed by atoms with Crippen LogP contribution in [0.25, 0.3) is 5.69 Å². The number of rotatable bonds is 6. The third kappa shape index (κ3) is 5.56. The van der Waals surface area contributed by atoms with Crippen LogP contribution in [0.2, 0.25) is 0 Å². The van der Waals surface area contributed by atoms with Crippen molar-refractivity contribution in [1.82, 2.24) is 19.6 Å². The van der Waals surface area contributed by atoms with Crippen molar-refractivity contribution in [3.63, 3.8) is 0 Å². The molecule has 0 spiro atoms. The Hall–Kier alpha value is -1.89. The lowest BCUT2D eigenvalue weighted by atomic mass is 10.1. The van der Waals surface area contributed by atoms with E-state index in [1.54, 1.807) is 0 Å². The molecule has 0 radical (unpaired) electrons. The lowest BCUT2D eigenvalue weighted by molar-refractivity contribution is -0.138. The molecule has 1 aromatic heterocycles. The fourth-order valence-corrected chi connectivity index (χ4v) is 3.48. The number of carboxylic acids is 1. The van der Waals surface area contributed by atoms with Crippen molar-refractivity contribution in [3.05, 3.63) is 48.3 Å². The Balaban J connectivity index is 0.00000243. The number of nitrogens with zero attached hydrogens (tertiary/aromatic N) is 4. The smallest absolute Gasteiger partial charge is 0.317 e. The maximum absolute atomic E-state index is 10.9. The van der Waals surface area contributed by atoms with Crippen LogP contribution < -0.4 is 0 Å². The molecule has 1 fully saturated rings. The second-order valence-corrected chi connectivity index (χ2v) is 6.76. The summed E-state index contributed by atoms with van der Waals surface area (Å²) in [6, 6.07) is 12.5. The molecule has 2 aromatic rings. The number of carbonyl (C=O) groups is 1. The largest absolute Gasteiger partial charge is 0.480 e. The number of carboxylic acid groups (broad SMARTS) is 1. The fourth-order valence-electron chi connectivity index (χ4n) is 3.48. The van der Waals surface area contributed by atoms with Gasteiger partial charge in [-0.25, -0.2) is 4.68 Å². The van der Waals surface area contributed by atoms with Gasteiger partial charge in [-0.3, -0.25) is 14.6 Å². The van der Waals surface area contributed by atoms with Gasteiger partial charge in [-0.2, -0.15) is 5.10 Å². The number of aromatic nitrogens is 2. The molecule has 1 N–H and O–H groups in total. The molecule has 2 heterocycles. The van der Waals surface area contributed by atoms with E-state index in [4.69, 9.17) is 5.11 Å². The molecular weight excluding hydrogens is 352 g/mol. The Morgan fingerprint density at radius 2 is 2.00 bits per heavy atom. The number of halogens is 1. The minimum Gasteiger partial charge on any atom is -0.480 e. The van der Waals surface area contributed by atoms with E-state index in [1.807, 2.05) is 53.2 Å². The van der Waals surface area contributed by atoms with Crippen LogP contribution in [0.15, 0.2) is 42.6 Å². The summed E-state index contributed by atoms with van der Waals surface area (Å²) in [6.07, 6.45) is 5.15. The molecular formula is C19H27ClN4O2. The van der Waals surface area contributed by atoms with Crippen molar-refractivity contribution in [1.29, 1.82) is 0 Å². The summed E-state index contributed by atoms with van der Waals surface area (Å²) in [6.45, 7) is 2.98. The van der Waals surface area contributed by atoms with Gasteiger partial charge in [-0.15, -0.1) is 12.4 Å². The van der Waals surface area contributed by atoms with Gasteiger partial charge in [0.25, 0.3) is 0 Å². The first kappa shape index (κ1) is 20.4. The molecule has 1 aliphatic heterocycles. The van der Waals surface area contributed by atoms with Gasteiger partial charge in [-0.1, -0.05) is 18.2 Å². The molecule has 1 aliphatic rings. The molecule has 7 heteroatoms. The van der Waals surface area contributed by atoms with Crippen LogP contribution in [0, 0.1) is 0 Å². The zero-order valence-corrected chi connectivity index (χ0v) is 15.9. The van der Waals surface area contributed by atoms with E-state index >= 15 is 0 Å². The summed E-state index contributed by atoms with van der Waals surface area (Å²) in [5.41, 5.74) is 2.14. The first-order valence-corrected chi connectivity index (χ1v) is 8.86. The van der Waals surface area contributed by atoms with E-state index in [9.17, 15) is 4.79 Å². The van der Waals surface area contributed by atoms with Crippen LogP contribution >= 0.6 is 12.4 Å². The predicted molar refractivity (Wildman–Crippen MR) is 104 cm³/mol. The maximum Gasteiger partial charge on any atom is 0.317 e. The standard InChI is InChI=1S/C19H26N4O2.ClH/c1-21(15-19(24)25)17-8-5-11-22(12-10-17)14-16-9-13-23(20-16)18-6-3-2-4-7-18;/h2-4,6-7,9,13,17H,5,8,10-12,14-15H2,1H3,(H,24,25);1H. The van der Waals surface area contributed by atoms with Crippen molar-refractivity contribution < 1.29 is 9.90 Å². The van der Waals surface area contributed by atoms with E-state index in [1.165, 1.54) is 0 Å². The van der Waals surface area contributed by atoms with Gasteiger partial charge in [0.1, 0.15) is 0 Å². The van der Waals surface area contributed by atoms with E-state index in [2.05, 4.69) is 16.1 Å². The van der Waals surface area contributed by atoms with Crippen LogP contribution in [0.3, 0.4) is 0 Å². The Bertz CT molecular complexity index is 692. The second kappa shape index (κ2) is 9.71. The van der Waals surface area contributed by atoms with Crippen molar-refractivity contribution in [2.45, 2.75) is 31.8 Å². The van der Waals surface area contributed by atoms with Crippen LogP contribution in [0.4, 0.5) is 0 Å². The molecule has 26 heavy (non-hydrogen) atoms. The Morgan fingerprint density at radius 3 is 2.73 bits per heavy atom. The highest BCUT2D eigenvalue weighted by Crippen LogP contribution is 2.17. The molecule has 1 aromatic carbocycles. The molecule has 0 amide bonds. The topological polar surface area (TPSA) is 61.6 Å². The number of para-hydroxylation sites is 1. The molecule has 1 saturated heterocycles. The summed E-state index contributed by atoms with van der Waals surface area (Å²) in [5, 5.41) is 13.7. The van der Waals surface area contributed by atoms with Crippen LogP contribution in [-0.2, 0) is 11.3 Å². The molecule has 1 atom stereocenters. The lowest BCUT2D eigenvalue weighted by Crippen LogP contribution is -2.36. The van der Waals surface area contributed by atoms with Crippen LogP contribution in [0.1, 0.15) is 25.0 Å². The maximum atomic E-state index is 10.9. The molecule has 0 bridgehead atoms. The highest BCUT2D eigenvalue weighted by atomic mass is 35.5. The van der Waals surface area contributed by atoms with Gasteiger partial charge in [-0.05, 0) is 51.1 Å². The molecule has 142 valence electrons. The van der Waals surface area contributed by atoms with E-state index in [-0.39, 0.29) is 19.0 Å². The fraction of sp³-hybridized carbons (Fsp3) is 0.474. The molecule has 1 unspecified atom stereocenters. The average molecular weight is 379 g/mol. The minimum absolute atomic E-state index is 0. The van der Waals surface area contributed by atoms with Gasteiger partial charge < -0.3 is 5.11 Å². The van der Waals surface area contributed by atoms with E-state index in [0.717, 1.165) is 50.3 Å². The number of hydrogen-bond acceptors (Lipinski definition) is 4. The monoisotopic (exact) mass is 378 g/mol. The quantitative estimate of drug-likeness (QED) is 0.837.